The molecule has 6 nitrogen and oxygen atoms in total. The molecule has 24 heavy (non-hydrogen) atoms. The van der Waals surface area contributed by atoms with Gasteiger partial charge in [0.1, 0.15) is 30.6 Å². The van der Waals surface area contributed by atoms with Crippen LogP contribution in [0.3, 0.4) is 0 Å². The molecule has 0 aliphatic heterocycles. The molecular formula is C18H18O6. The summed E-state index contributed by atoms with van der Waals surface area (Å²) in [5.74, 6) is -1.61. The number of benzene rings is 2. The first-order valence-electron chi connectivity index (χ1n) is 7.28. The molecule has 1 unspecified atom stereocenters. The summed E-state index contributed by atoms with van der Waals surface area (Å²) in [7, 11) is 0. The standard InChI is InChI=1S/C18H18O6/c1-11(2)17(21)23-9-13(19)10-24-18(22)16-14-6-4-3-5-12(14)7-8-15(16)20/h3-8,13,19-20H,1,9-10H2,2H3. The first-order valence-corrected chi connectivity index (χ1v) is 7.28. The number of carbonyl (C=O) groups excluding carboxylic acids is 2. The van der Waals surface area contributed by atoms with Crippen LogP contribution in [0.25, 0.3) is 10.8 Å². The van der Waals surface area contributed by atoms with Crippen LogP contribution in [0.4, 0.5) is 0 Å². The van der Waals surface area contributed by atoms with E-state index < -0.39 is 18.0 Å². The lowest BCUT2D eigenvalue weighted by molar-refractivity contribution is -0.142. The smallest absolute Gasteiger partial charge is 0.342 e. The number of hydrogen-bond acceptors (Lipinski definition) is 6. The summed E-state index contributed by atoms with van der Waals surface area (Å²) in [4.78, 5) is 23.4. The molecule has 0 amide bonds. The third kappa shape index (κ3) is 4.11. The van der Waals surface area contributed by atoms with Gasteiger partial charge in [-0.25, -0.2) is 9.59 Å². The van der Waals surface area contributed by atoms with Crippen LogP contribution in [-0.2, 0) is 14.3 Å². The molecule has 0 radical (unpaired) electrons. The highest BCUT2D eigenvalue weighted by Crippen LogP contribution is 2.27. The number of esters is 2. The van der Waals surface area contributed by atoms with Crippen LogP contribution in [0, 0.1) is 0 Å². The zero-order valence-corrected chi connectivity index (χ0v) is 13.2. The number of fused-ring (bicyclic) bond motifs is 1. The first kappa shape index (κ1) is 17.5. The minimum Gasteiger partial charge on any atom is -0.507 e. The second-order valence-electron chi connectivity index (χ2n) is 5.31. The third-order valence-corrected chi connectivity index (χ3v) is 3.27. The van der Waals surface area contributed by atoms with E-state index in [1.807, 2.05) is 6.07 Å². The van der Waals surface area contributed by atoms with Crippen molar-refractivity contribution in [3.63, 3.8) is 0 Å². The predicted octanol–water partition coefficient (Wildman–Crippen LogP) is 2.18. The van der Waals surface area contributed by atoms with E-state index in [1.54, 1.807) is 24.3 Å². The summed E-state index contributed by atoms with van der Waals surface area (Å²) in [5, 5.41) is 21.0. The number of phenolic OH excluding ortho intramolecular Hbond substituents is 1. The largest absolute Gasteiger partial charge is 0.507 e. The van der Waals surface area contributed by atoms with E-state index in [-0.39, 0.29) is 30.1 Å². The second-order valence-corrected chi connectivity index (χ2v) is 5.31. The highest BCUT2D eigenvalue weighted by atomic mass is 16.6. The van der Waals surface area contributed by atoms with Crippen LogP contribution in [0.2, 0.25) is 0 Å². The maximum Gasteiger partial charge on any atom is 0.342 e. The summed E-state index contributed by atoms with van der Waals surface area (Å²) >= 11 is 0. The molecule has 2 aromatic carbocycles. The fourth-order valence-corrected chi connectivity index (χ4v) is 2.06. The normalized spacial score (nSPS) is 11.8. The Bertz CT molecular complexity index is 780. The van der Waals surface area contributed by atoms with E-state index in [0.29, 0.717) is 5.39 Å². The highest BCUT2D eigenvalue weighted by molar-refractivity contribution is 6.06. The van der Waals surface area contributed by atoms with Gasteiger partial charge in [-0.2, -0.15) is 0 Å². The Hall–Kier alpha value is -2.86. The monoisotopic (exact) mass is 330 g/mol. The highest BCUT2D eigenvalue weighted by Gasteiger charge is 2.18. The number of hydrogen-bond donors (Lipinski definition) is 2. The van der Waals surface area contributed by atoms with Crippen molar-refractivity contribution in [1.82, 2.24) is 0 Å². The lowest BCUT2D eigenvalue weighted by Gasteiger charge is -2.13. The molecule has 0 fully saturated rings. The number of aromatic hydroxyl groups is 1. The first-order chi connectivity index (χ1) is 11.4. The molecule has 0 saturated carbocycles. The van der Waals surface area contributed by atoms with Crippen LogP contribution >= 0.6 is 0 Å². The molecule has 0 heterocycles. The number of aliphatic hydroxyl groups excluding tert-OH is 1. The molecule has 0 aliphatic carbocycles. The molecule has 126 valence electrons. The lowest BCUT2D eigenvalue weighted by Crippen LogP contribution is -2.25. The van der Waals surface area contributed by atoms with Crippen molar-refractivity contribution in [3.05, 3.63) is 54.1 Å². The number of rotatable bonds is 6. The average Bonchev–Trinajstić information content (AvgIpc) is 2.57. The van der Waals surface area contributed by atoms with Gasteiger partial charge in [0.25, 0.3) is 0 Å². The zero-order valence-electron chi connectivity index (χ0n) is 13.2. The van der Waals surface area contributed by atoms with Crippen LogP contribution in [0.5, 0.6) is 5.75 Å². The molecule has 2 rings (SSSR count). The molecule has 0 bridgehead atoms. The van der Waals surface area contributed by atoms with Gasteiger partial charge < -0.3 is 19.7 Å². The van der Waals surface area contributed by atoms with Crippen LogP contribution in [0.1, 0.15) is 17.3 Å². The fraction of sp³-hybridized carbons (Fsp3) is 0.222. The van der Waals surface area contributed by atoms with Crippen molar-refractivity contribution in [1.29, 1.82) is 0 Å². The number of phenols is 1. The lowest BCUT2D eigenvalue weighted by atomic mass is 10.0. The van der Waals surface area contributed by atoms with Crippen molar-refractivity contribution in [2.75, 3.05) is 13.2 Å². The predicted molar refractivity (Wildman–Crippen MR) is 87.7 cm³/mol. The summed E-state index contributed by atoms with van der Waals surface area (Å²) in [6.45, 7) is 4.21. The topological polar surface area (TPSA) is 93.1 Å². The summed E-state index contributed by atoms with van der Waals surface area (Å²) < 4.78 is 9.78. The Balaban J connectivity index is 2.02. The van der Waals surface area contributed by atoms with Gasteiger partial charge in [-0.3, -0.25) is 0 Å². The van der Waals surface area contributed by atoms with Gasteiger partial charge in [0.05, 0.1) is 0 Å². The molecular weight excluding hydrogens is 312 g/mol. The van der Waals surface area contributed by atoms with Gasteiger partial charge in [-0.1, -0.05) is 36.9 Å². The summed E-state index contributed by atoms with van der Waals surface area (Å²) in [5.41, 5.74) is 0.235. The quantitative estimate of drug-likeness (QED) is 0.623. The zero-order chi connectivity index (χ0) is 17.7. The Labute approximate surface area is 138 Å². The van der Waals surface area contributed by atoms with Crippen molar-refractivity contribution >= 4 is 22.7 Å². The van der Waals surface area contributed by atoms with Crippen molar-refractivity contribution in [2.24, 2.45) is 0 Å². The van der Waals surface area contributed by atoms with E-state index in [2.05, 4.69) is 6.58 Å². The van der Waals surface area contributed by atoms with Gasteiger partial charge in [0.2, 0.25) is 0 Å². The Morgan fingerprint density at radius 2 is 1.79 bits per heavy atom. The molecule has 2 aromatic rings. The molecule has 6 heteroatoms. The van der Waals surface area contributed by atoms with Crippen LogP contribution in [-0.4, -0.2) is 41.5 Å². The molecule has 0 saturated heterocycles. The molecule has 2 N–H and O–H groups in total. The Morgan fingerprint density at radius 3 is 2.50 bits per heavy atom. The number of carbonyl (C=O) groups is 2. The molecule has 0 aromatic heterocycles. The van der Waals surface area contributed by atoms with E-state index in [1.165, 1.54) is 13.0 Å². The van der Waals surface area contributed by atoms with E-state index in [9.17, 15) is 19.8 Å². The third-order valence-electron chi connectivity index (χ3n) is 3.27. The van der Waals surface area contributed by atoms with Crippen molar-refractivity contribution < 1.29 is 29.3 Å². The van der Waals surface area contributed by atoms with E-state index in [0.717, 1.165) is 5.39 Å². The summed E-state index contributed by atoms with van der Waals surface area (Å²) in [6, 6.07) is 10.1. The average molecular weight is 330 g/mol. The Morgan fingerprint density at radius 1 is 1.12 bits per heavy atom. The number of ether oxygens (including phenoxy) is 2. The molecule has 0 spiro atoms. The minimum absolute atomic E-state index is 0.0271. The van der Waals surface area contributed by atoms with Gasteiger partial charge in [-0.15, -0.1) is 0 Å². The Kier molecular flexibility index (Phi) is 5.55. The molecule has 1 atom stereocenters. The van der Waals surface area contributed by atoms with Gasteiger partial charge >= 0.3 is 11.9 Å². The number of aliphatic hydroxyl groups is 1. The van der Waals surface area contributed by atoms with Gasteiger partial charge in [0.15, 0.2) is 0 Å². The second kappa shape index (κ2) is 7.61. The maximum atomic E-state index is 12.2. The molecule has 0 aliphatic rings. The fourth-order valence-electron chi connectivity index (χ4n) is 2.06. The van der Waals surface area contributed by atoms with Crippen molar-refractivity contribution in [3.8, 4) is 5.75 Å². The van der Waals surface area contributed by atoms with E-state index >= 15 is 0 Å². The van der Waals surface area contributed by atoms with Crippen molar-refractivity contribution in [2.45, 2.75) is 13.0 Å². The van der Waals surface area contributed by atoms with Crippen LogP contribution < -0.4 is 0 Å². The van der Waals surface area contributed by atoms with Crippen LogP contribution in [0.15, 0.2) is 48.6 Å². The van der Waals surface area contributed by atoms with E-state index in [4.69, 9.17) is 9.47 Å². The maximum absolute atomic E-state index is 12.2. The SMILES string of the molecule is C=C(C)C(=O)OCC(O)COC(=O)c1c(O)ccc2ccccc12. The summed E-state index contributed by atoms with van der Waals surface area (Å²) in [6.07, 6.45) is -1.17. The van der Waals surface area contributed by atoms with Gasteiger partial charge in [-0.05, 0) is 23.8 Å². The minimum atomic E-state index is -1.17. The van der Waals surface area contributed by atoms with Gasteiger partial charge in [0, 0.05) is 5.57 Å².